The van der Waals surface area contributed by atoms with E-state index in [4.69, 9.17) is 0 Å². The molecule has 0 spiro atoms. The van der Waals surface area contributed by atoms with Crippen LogP contribution in [0.2, 0.25) is 0 Å². The van der Waals surface area contributed by atoms with Gasteiger partial charge in [0.1, 0.15) is 23.8 Å². The minimum absolute atomic E-state index is 0.00149. The third-order valence-corrected chi connectivity index (χ3v) is 6.42. The monoisotopic (exact) mass is 589 g/mol. The Kier molecular flexibility index (Phi) is 15.3. The zero-order valence-electron chi connectivity index (χ0n) is 25.9. The Morgan fingerprint density at radius 1 is 0.738 bits per heavy atom. The van der Waals surface area contributed by atoms with Gasteiger partial charge in [-0.2, -0.15) is 0 Å². The van der Waals surface area contributed by atoms with Crippen molar-refractivity contribution in [3.05, 3.63) is 24.3 Å². The number of carbonyl (C=O) groups excluding carboxylic acids is 6. The second kappa shape index (κ2) is 17.8. The largest absolute Gasteiger partial charge is 0.349 e. The first-order chi connectivity index (χ1) is 19.7. The SMILES string of the molecule is CCCNC(=O)C(=O)[C@H](CC)NC(=O)[C@H](CC(C)C)NC(=O)[C@@H](NC(=O)[C@@H](NC(=O)c1cnccn1)C(C)C)C(C)C. The van der Waals surface area contributed by atoms with Gasteiger partial charge in [0.25, 0.3) is 11.8 Å². The summed E-state index contributed by atoms with van der Waals surface area (Å²) in [6, 6.07) is -4.07. The van der Waals surface area contributed by atoms with Crippen LogP contribution >= 0.6 is 0 Å². The third-order valence-electron chi connectivity index (χ3n) is 6.42. The van der Waals surface area contributed by atoms with Crippen LogP contribution in [0.5, 0.6) is 0 Å². The molecule has 0 fully saturated rings. The van der Waals surface area contributed by atoms with Crippen LogP contribution in [0, 0.1) is 17.8 Å². The first-order valence-corrected chi connectivity index (χ1v) is 14.5. The second-order valence-electron chi connectivity index (χ2n) is 11.3. The van der Waals surface area contributed by atoms with E-state index in [9.17, 15) is 28.8 Å². The van der Waals surface area contributed by atoms with Crippen molar-refractivity contribution < 1.29 is 28.8 Å². The van der Waals surface area contributed by atoms with Crippen LogP contribution < -0.4 is 26.6 Å². The fourth-order valence-corrected chi connectivity index (χ4v) is 4.02. The van der Waals surface area contributed by atoms with Gasteiger partial charge in [-0.05, 0) is 37.0 Å². The minimum atomic E-state index is -1.05. The maximum atomic E-state index is 13.4. The van der Waals surface area contributed by atoms with Crippen LogP contribution in [0.3, 0.4) is 0 Å². The molecule has 42 heavy (non-hydrogen) atoms. The molecule has 234 valence electrons. The molecule has 0 aromatic carbocycles. The number of Topliss-reactive ketones (excluding diaryl/α,β-unsaturated/α-hetero) is 1. The molecule has 0 aliphatic rings. The topological polar surface area (TPSA) is 188 Å². The lowest BCUT2D eigenvalue weighted by atomic mass is 9.98. The average Bonchev–Trinajstić information content (AvgIpc) is 2.94. The van der Waals surface area contributed by atoms with E-state index < -0.39 is 59.5 Å². The molecule has 1 aromatic heterocycles. The highest BCUT2D eigenvalue weighted by Crippen LogP contribution is 2.11. The number of ketones is 1. The Morgan fingerprint density at radius 3 is 1.81 bits per heavy atom. The molecule has 0 aliphatic carbocycles. The maximum Gasteiger partial charge on any atom is 0.289 e. The predicted molar refractivity (Wildman–Crippen MR) is 157 cm³/mol. The smallest absolute Gasteiger partial charge is 0.289 e. The van der Waals surface area contributed by atoms with Crippen molar-refractivity contribution in [1.82, 2.24) is 36.6 Å². The Balaban J connectivity index is 3.05. The average molecular weight is 590 g/mol. The fourth-order valence-electron chi connectivity index (χ4n) is 4.02. The van der Waals surface area contributed by atoms with Crippen molar-refractivity contribution in [1.29, 1.82) is 0 Å². The Bertz CT molecular complexity index is 1080. The molecular formula is C29H47N7O6. The summed E-state index contributed by atoms with van der Waals surface area (Å²) in [6.45, 7) is 14.6. The van der Waals surface area contributed by atoms with Gasteiger partial charge in [0.05, 0.1) is 12.2 Å². The van der Waals surface area contributed by atoms with E-state index >= 15 is 0 Å². The van der Waals surface area contributed by atoms with Gasteiger partial charge in [-0.15, -0.1) is 0 Å². The Morgan fingerprint density at radius 2 is 1.31 bits per heavy atom. The predicted octanol–water partition coefficient (Wildman–Crippen LogP) is 0.893. The lowest BCUT2D eigenvalue weighted by Crippen LogP contribution is -2.60. The van der Waals surface area contributed by atoms with Crippen LogP contribution in [0.15, 0.2) is 18.6 Å². The van der Waals surface area contributed by atoms with Crippen LogP contribution in [0.1, 0.15) is 85.1 Å². The number of nitrogens with one attached hydrogen (secondary N) is 5. The molecular weight excluding hydrogens is 542 g/mol. The standard InChI is InChI=1S/C29H47N7O6/c1-9-11-32-29(42)24(37)19(10-2)33-25(38)20(14-16(3)4)34-27(40)22(17(5)6)36-28(41)23(18(7)8)35-26(39)21-15-30-12-13-31-21/h12-13,15-20,22-23H,9-11,14H2,1-8H3,(H,32,42)(H,33,38)(H,34,40)(H,35,39)(H,36,41)/t19-,20-,22-,23-/m0/s1. The van der Waals surface area contributed by atoms with Crippen molar-refractivity contribution in [2.24, 2.45) is 17.8 Å². The lowest BCUT2D eigenvalue weighted by molar-refractivity contribution is -0.140. The highest BCUT2D eigenvalue weighted by molar-refractivity contribution is 6.38. The number of nitrogens with zero attached hydrogens (tertiary/aromatic N) is 2. The number of aromatic nitrogens is 2. The maximum absolute atomic E-state index is 13.4. The van der Waals surface area contributed by atoms with E-state index in [1.807, 2.05) is 20.8 Å². The highest BCUT2D eigenvalue weighted by Gasteiger charge is 2.34. The number of hydrogen-bond donors (Lipinski definition) is 5. The molecule has 13 nitrogen and oxygen atoms in total. The number of amides is 5. The molecule has 1 heterocycles. The molecule has 0 aliphatic heterocycles. The van der Waals surface area contributed by atoms with E-state index in [2.05, 4.69) is 36.6 Å². The molecule has 13 heteroatoms. The van der Waals surface area contributed by atoms with E-state index in [0.717, 1.165) is 0 Å². The van der Waals surface area contributed by atoms with E-state index in [0.29, 0.717) is 13.0 Å². The first-order valence-electron chi connectivity index (χ1n) is 14.5. The zero-order valence-corrected chi connectivity index (χ0v) is 25.9. The summed E-state index contributed by atoms with van der Waals surface area (Å²) >= 11 is 0. The molecule has 5 N–H and O–H groups in total. The molecule has 0 saturated carbocycles. The summed E-state index contributed by atoms with van der Waals surface area (Å²) in [4.78, 5) is 85.1. The van der Waals surface area contributed by atoms with Gasteiger partial charge in [0, 0.05) is 18.9 Å². The molecule has 0 saturated heterocycles. The highest BCUT2D eigenvalue weighted by atomic mass is 16.2. The molecule has 0 bridgehead atoms. The summed E-state index contributed by atoms with van der Waals surface area (Å²) in [5.74, 6) is -4.58. The van der Waals surface area contributed by atoms with E-state index in [-0.39, 0.29) is 36.3 Å². The van der Waals surface area contributed by atoms with E-state index in [1.54, 1.807) is 34.6 Å². The van der Waals surface area contributed by atoms with Gasteiger partial charge in [0.2, 0.25) is 23.5 Å². The summed E-state index contributed by atoms with van der Waals surface area (Å²) in [6.07, 6.45) is 5.17. The lowest BCUT2D eigenvalue weighted by Gasteiger charge is -2.29. The summed E-state index contributed by atoms with van der Waals surface area (Å²) in [7, 11) is 0. The molecule has 1 rings (SSSR count). The van der Waals surface area contributed by atoms with Crippen LogP contribution in [0.4, 0.5) is 0 Å². The Hall–Kier alpha value is -3.90. The van der Waals surface area contributed by atoms with Gasteiger partial charge in [0.15, 0.2) is 0 Å². The third kappa shape index (κ3) is 11.5. The van der Waals surface area contributed by atoms with Crippen molar-refractivity contribution in [2.75, 3.05) is 6.54 Å². The van der Waals surface area contributed by atoms with Gasteiger partial charge < -0.3 is 26.6 Å². The molecule has 0 radical (unpaired) electrons. The van der Waals surface area contributed by atoms with Crippen molar-refractivity contribution >= 4 is 35.3 Å². The quantitative estimate of drug-likeness (QED) is 0.166. The van der Waals surface area contributed by atoms with Crippen molar-refractivity contribution in [2.45, 2.75) is 98.8 Å². The van der Waals surface area contributed by atoms with Crippen molar-refractivity contribution in [3.63, 3.8) is 0 Å². The zero-order chi connectivity index (χ0) is 32.0. The summed E-state index contributed by atoms with van der Waals surface area (Å²) in [5, 5.41) is 13.2. The van der Waals surface area contributed by atoms with E-state index in [1.165, 1.54) is 18.6 Å². The van der Waals surface area contributed by atoms with Crippen LogP contribution in [-0.4, -0.2) is 76.0 Å². The molecule has 4 atom stereocenters. The number of rotatable bonds is 17. The summed E-state index contributed by atoms with van der Waals surface area (Å²) < 4.78 is 0. The van der Waals surface area contributed by atoms with Gasteiger partial charge in [-0.1, -0.05) is 55.4 Å². The second-order valence-corrected chi connectivity index (χ2v) is 11.3. The van der Waals surface area contributed by atoms with Crippen molar-refractivity contribution in [3.8, 4) is 0 Å². The number of hydrogen-bond acceptors (Lipinski definition) is 8. The first kappa shape index (κ1) is 36.1. The van der Waals surface area contributed by atoms with Gasteiger partial charge in [-0.3, -0.25) is 33.8 Å². The van der Waals surface area contributed by atoms with Crippen LogP contribution in [0.25, 0.3) is 0 Å². The number of carbonyl (C=O) groups is 6. The fraction of sp³-hybridized carbons (Fsp3) is 0.655. The minimum Gasteiger partial charge on any atom is -0.349 e. The molecule has 1 aromatic rings. The van der Waals surface area contributed by atoms with Gasteiger partial charge in [-0.25, -0.2) is 4.98 Å². The molecule has 5 amide bonds. The molecule has 0 unspecified atom stereocenters. The Labute approximate surface area is 248 Å². The van der Waals surface area contributed by atoms with Crippen LogP contribution in [-0.2, 0) is 24.0 Å². The van der Waals surface area contributed by atoms with Gasteiger partial charge >= 0.3 is 0 Å². The summed E-state index contributed by atoms with van der Waals surface area (Å²) in [5.41, 5.74) is 0.0448. The normalized spacial score (nSPS) is 14.0.